The smallest absolute Gasteiger partial charge is 0.267 e. The zero-order chi connectivity index (χ0) is 19.5. The fourth-order valence-electron chi connectivity index (χ4n) is 3.42. The third kappa shape index (κ3) is 3.56. The molecular weight excluding hydrogens is 368 g/mol. The Hall–Kier alpha value is -2.60. The summed E-state index contributed by atoms with van der Waals surface area (Å²) in [5.41, 5.74) is 4.08. The van der Waals surface area contributed by atoms with Gasteiger partial charge in [-0.3, -0.25) is 4.79 Å². The van der Waals surface area contributed by atoms with Gasteiger partial charge in [-0.15, -0.1) is 10.2 Å². The van der Waals surface area contributed by atoms with E-state index in [4.69, 9.17) is 0 Å². The summed E-state index contributed by atoms with van der Waals surface area (Å²) in [6.45, 7) is 4.87. The van der Waals surface area contributed by atoms with Gasteiger partial charge in [0.1, 0.15) is 0 Å². The van der Waals surface area contributed by atoms with Gasteiger partial charge in [-0.2, -0.15) is 0 Å². The monoisotopic (exact) mass is 392 g/mol. The summed E-state index contributed by atoms with van der Waals surface area (Å²) in [6.07, 6.45) is 3.39. The molecule has 0 unspecified atom stereocenters. The van der Waals surface area contributed by atoms with Crippen molar-refractivity contribution in [2.45, 2.75) is 38.3 Å². The van der Waals surface area contributed by atoms with Gasteiger partial charge in [0.15, 0.2) is 5.82 Å². The molecule has 0 N–H and O–H groups in total. The summed E-state index contributed by atoms with van der Waals surface area (Å²) >= 11 is 1.63. The molecule has 0 fully saturated rings. The minimum atomic E-state index is -0.0155. The molecular formula is C22H24N4OS. The van der Waals surface area contributed by atoms with E-state index in [1.165, 1.54) is 18.4 Å². The van der Waals surface area contributed by atoms with E-state index in [0.29, 0.717) is 17.9 Å². The maximum absolute atomic E-state index is 13.3. The summed E-state index contributed by atoms with van der Waals surface area (Å²) in [7, 11) is 0. The summed E-state index contributed by atoms with van der Waals surface area (Å²) < 4.78 is 1.88. The lowest BCUT2D eigenvalue weighted by Gasteiger charge is -2.29. The van der Waals surface area contributed by atoms with Gasteiger partial charge < -0.3 is 0 Å². The molecule has 6 heteroatoms. The van der Waals surface area contributed by atoms with Crippen molar-refractivity contribution in [2.24, 2.45) is 0 Å². The molecule has 0 spiro atoms. The van der Waals surface area contributed by atoms with E-state index in [9.17, 15) is 4.79 Å². The predicted octanol–water partition coefficient (Wildman–Crippen LogP) is 4.48. The van der Waals surface area contributed by atoms with E-state index in [1.807, 2.05) is 48.0 Å². The third-order valence-corrected chi connectivity index (χ3v) is 5.93. The van der Waals surface area contributed by atoms with Crippen LogP contribution < -0.4 is 5.01 Å². The quantitative estimate of drug-likeness (QED) is 0.642. The van der Waals surface area contributed by atoms with Crippen LogP contribution in [0.1, 0.15) is 41.3 Å². The molecule has 5 nitrogen and oxygen atoms in total. The van der Waals surface area contributed by atoms with Crippen molar-refractivity contribution in [1.82, 2.24) is 14.9 Å². The van der Waals surface area contributed by atoms with Crippen molar-refractivity contribution in [1.29, 1.82) is 0 Å². The number of hydrogen-bond donors (Lipinski definition) is 0. The number of carbonyl (C=O) groups is 1. The Kier molecular flexibility index (Phi) is 5.48. The van der Waals surface area contributed by atoms with E-state index in [-0.39, 0.29) is 5.91 Å². The lowest BCUT2D eigenvalue weighted by molar-refractivity contribution is 0.0956. The standard InChI is InChI=1S/C22H24N4OS/c1-3-4-8-17-10-12-18(13-11-17)21(27)25-14-15-28-22-24-23-20(26(22)25)19-9-6-5-7-16(19)2/h5-7,9-13H,3-4,8,14-15H2,1-2H3. The van der Waals surface area contributed by atoms with Crippen LogP contribution in [-0.2, 0) is 6.42 Å². The summed E-state index contributed by atoms with van der Waals surface area (Å²) in [4.78, 5) is 13.3. The topological polar surface area (TPSA) is 51.0 Å². The number of aromatic nitrogens is 3. The molecule has 1 aliphatic heterocycles. The predicted molar refractivity (Wildman–Crippen MR) is 113 cm³/mol. The Morgan fingerprint density at radius 1 is 1.11 bits per heavy atom. The lowest BCUT2D eigenvalue weighted by Crippen LogP contribution is -2.45. The first-order valence-electron chi connectivity index (χ1n) is 9.74. The Morgan fingerprint density at radius 3 is 2.64 bits per heavy atom. The van der Waals surface area contributed by atoms with E-state index in [0.717, 1.165) is 28.5 Å². The highest BCUT2D eigenvalue weighted by Gasteiger charge is 2.29. The fraction of sp³-hybridized carbons (Fsp3) is 0.318. The van der Waals surface area contributed by atoms with E-state index < -0.39 is 0 Å². The van der Waals surface area contributed by atoms with Crippen LogP contribution in [0.15, 0.2) is 53.7 Å². The van der Waals surface area contributed by atoms with Crippen LogP contribution in [-0.4, -0.2) is 33.1 Å². The van der Waals surface area contributed by atoms with Gasteiger partial charge in [-0.1, -0.05) is 61.5 Å². The van der Waals surface area contributed by atoms with Gasteiger partial charge in [-0.05, 0) is 43.0 Å². The molecule has 4 rings (SSSR count). The van der Waals surface area contributed by atoms with Crippen LogP contribution in [0.3, 0.4) is 0 Å². The second-order valence-electron chi connectivity index (χ2n) is 7.01. The van der Waals surface area contributed by atoms with Crippen molar-refractivity contribution in [3.63, 3.8) is 0 Å². The number of thioether (sulfide) groups is 1. The SMILES string of the molecule is CCCCc1ccc(C(=O)N2CCSc3nnc(-c4ccccc4C)n32)cc1. The number of amides is 1. The van der Waals surface area contributed by atoms with Crippen LogP contribution >= 0.6 is 11.8 Å². The van der Waals surface area contributed by atoms with Gasteiger partial charge in [0.2, 0.25) is 5.16 Å². The second kappa shape index (κ2) is 8.19. The number of benzene rings is 2. The molecule has 0 saturated carbocycles. The van der Waals surface area contributed by atoms with Crippen molar-refractivity contribution >= 4 is 17.7 Å². The van der Waals surface area contributed by atoms with Crippen molar-refractivity contribution in [2.75, 3.05) is 17.3 Å². The maximum Gasteiger partial charge on any atom is 0.272 e. The average Bonchev–Trinajstić information content (AvgIpc) is 3.16. The third-order valence-electron chi connectivity index (χ3n) is 5.03. The number of hydrogen-bond acceptors (Lipinski definition) is 4. The molecule has 0 saturated heterocycles. The van der Waals surface area contributed by atoms with Crippen molar-refractivity contribution in [3.8, 4) is 11.4 Å². The van der Waals surface area contributed by atoms with Gasteiger partial charge >= 0.3 is 0 Å². The highest BCUT2D eigenvalue weighted by Crippen LogP contribution is 2.29. The van der Waals surface area contributed by atoms with Crippen LogP contribution in [0.4, 0.5) is 0 Å². The highest BCUT2D eigenvalue weighted by molar-refractivity contribution is 7.99. The van der Waals surface area contributed by atoms with Gasteiger partial charge in [0.25, 0.3) is 5.91 Å². The highest BCUT2D eigenvalue weighted by atomic mass is 32.2. The molecule has 2 heterocycles. The summed E-state index contributed by atoms with van der Waals surface area (Å²) in [5, 5.41) is 11.3. The van der Waals surface area contributed by atoms with E-state index in [1.54, 1.807) is 16.8 Å². The Bertz CT molecular complexity index is 980. The zero-order valence-electron chi connectivity index (χ0n) is 16.3. The summed E-state index contributed by atoms with van der Waals surface area (Å²) in [5.74, 6) is 1.51. The van der Waals surface area contributed by atoms with Gasteiger partial charge in [0, 0.05) is 16.9 Å². The van der Waals surface area contributed by atoms with Crippen LogP contribution in [0, 0.1) is 6.92 Å². The normalized spacial score (nSPS) is 13.4. The number of carbonyl (C=O) groups excluding carboxylic acids is 1. The minimum Gasteiger partial charge on any atom is -0.267 e. The largest absolute Gasteiger partial charge is 0.272 e. The number of unbranched alkanes of at least 4 members (excludes halogenated alkanes) is 1. The number of nitrogens with zero attached hydrogens (tertiary/aromatic N) is 4. The lowest BCUT2D eigenvalue weighted by atomic mass is 10.1. The molecule has 0 aliphatic carbocycles. The van der Waals surface area contributed by atoms with E-state index >= 15 is 0 Å². The Balaban J connectivity index is 1.67. The van der Waals surface area contributed by atoms with Gasteiger partial charge in [-0.25, -0.2) is 9.69 Å². The van der Waals surface area contributed by atoms with Crippen molar-refractivity contribution in [3.05, 3.63) is 65.2 Å². The van der Waals surface area contributed by atoms with Crippen LogP contribution in [0.25, 0.3) is 11.4 Å². The fourth-order valence-corrected chi connectivity index (χ4v) is 4.28. The molecule has 0 bridgehead atoms. The first-order valence-corrected chi connectivity index (χ1v) is 10.7. The molecule has 1 amide bonds. The molecule has 0 radical (unpaired) electrons. The molecule has 0 atom stereocenters. The average molecular weight is 393 g/mol. The van der Waals surface area contributed by atoms with Crippen molar-refractivity contribution < 1.29 is 4.79 Å². The molecule has 28 heavy (non-hydrogen) atoms. The van der Waals surface area contributed by atoms with Crippen LogP contribution in [0.5, 0.6) is 0 Å². The maximum atomic E-state index is 13.3. The molecule has 3 aromatic rings. The Labute approximate surface area is 169 Å². The Morgan fingerprint density at radius 2 is 1.89 bits per heavy atom. The first-order chi connectivity index (χ1) is 13.7. The second-order valence-corrected chi connectivity index (χ2v) is 8.07. The minimum absolute atomic E-state index is 0.0155. The molecule has 1 aliphatic rings. The molecule has 1 aromatic heterocycles. The van der Waals surface area contributed by atoms with Crippen LogP contribution in [0.2, 0.25) is 0 Å². The van der Waals surface area contributed by atoms with Gasteiger partial charge in [0.05, 0.1) is 6.54 Å². The summed E-state index contributed by atoms with van der Waals surface area (Å²) in [6, 6.07) is 16.1. The molecule has 144 valence electrons. The zero-order valence-corrected chi connectivity index (χ0v) is 17.1. The van der Waals surface area contributed by atoms with E-state index in [2.05, 4.69) is 29.3 Å². The number of fused-ring (bicyclic) bond motifs is 1. The molecule has 2 aromatic carbocycles. The number of aryl methyl sites for hydroxylation is 2. The first kappa shape index (κ1) is 18.7. The number of rotatable bonds is 5.